The van der Waals surface area contributed by atoms with Gasteiger partial charge in [-0.3, -0.25) is 9.69 Å². The lowest BCUT2D eigenvalue weighted by molar-refractivity contribution is 0.0933. The minimum absolute atomic E-state index is 0.0458. The number of methoxy groups -OCH3 is 1. The zero-order chi connectivity index (χ0) is 19.5. The summed E-state index contributed by atoms with van der Waals surface area (Å²) < 4.78 is 18.9. The first-order valence-electron chi connectivity index (χ1n) is 9.59. The molecule has 1 saturated heterocycles. The molecule has 0 radical (unpaired) electrons. The van der Waals surface area contributed by atoms with Crippen LogP contribution in [0.4, 0.5) is 4.39 Å². The van der Waals surface area contributed by atoms with E-state index in [0.29, 0.717) is 17.6 Å². The van der Waals surface area contributed by atoms with Crippen LogP contribution in [0, 0.1) is 5.82 Å². The number of hydrogen-bond acceptors (Lipinski definition) is 3. The lowest BCUT2D eigenvalue weighted by atomic mass is 10.0. The van der Waals surface area contributed by atoms with Crippen LogP contribution in [0.3, 0.4) is 0 Å². The molecular weight excluding hydrogens is 357 g/mol. The molecule has 0 saturated carbocycles. The van der Waals surface area contributed by atoms with Gasteiger partial charge >= 0.3 is 0 Å². The molecule has 2 aromatic carbocycles. The Morgan fingerprint density at radius 3 is 2.79 bits per heavy atom. The second-order valence-electron chi connectivity index (χ2n) is 7.13. The normalized spacial score (nSPS) is 15.6. The number of aromatic amines is 1. The average molecular weight is 381 g/mol. The highest BCUT2D eigenvalue weighted by Crippen LogP contribution is 2.31. The van der Waals surface area contributed by atoms with Crippen LogP contribution in [0.1, 0.15) is 34.9 Å². The molecule has 0 bridgehead atoms. The average Bonchev–Trinajstić information content (AvgIpc) is 3.38. The van der Waals surface area contributed by atoms with E-state index in [1.807, 2.05) is 18.2 Å². The zero-order valence-electron chi connectivity index (χ0n) is 15.9. The van der Waals surface area contributed by atoms with Gasteiger partial charge in [0.25, 0.3) is 5.91 Å². The van der Waals surface area contributed by atoms with Crippen LogP contribution < -0.4 is 10.1 Å². The molecule has 1 aliphatic rings. The number of nitrogens with one attached hydrogen (secondary N) is 2. The number of ether oxygens (including phenoxy) is 1. The number of aromatic nitrogens is 1. The highest BCUT2D eigenvalue weighted by Gasteiger charge is 2.26. The Morgan fingerprint density at radius 1 is 1.21 bits per heavy atom. The number of halogens is 1. The summed E-state index contributed by atoms with van der Waals surface area (Å²) in [7, 11) is 1.67. The predicted octanol–water partition coefficient (Wildman–Crippen LogP) is 3.88. The van der Waals surface area contributed by atoms with Gasteiger partial charge in [-0.2, -0.15) is 0 Å². The van der Waals surface area contributed by atoms with Crippen LogP contribution >= 0.6 is 0 Å². The fourth-order valence-electron chi connectivity index (χ4n) is 3.94. The number of benzene rings is 2. The minimum Gasteiger partial charge on any atom is -0.496 e. The molecule has 0 aliphatic carbocycles. The van der Waals surface area contributed by atoms with E-state index in [1.165, 1.54) is 12.1 Å². The lowest BCUT2D eigenvalue weighted by Crippen LogP contribution is -2.37. The molecule has 28 heavy (non-hydrogen) atoms. The molecule has 0 unspecified atom stereocenters. The van der Waals surface area contributed by atoms with E-state index in [0.717, 1.165) is 42.8 Å². The van der Waals surface area contributed by atoms with E-state index < -0.39 is 0 Å². The van der Waals surface area contributed by atoms with Crippen LogP contribution in [0.5, 0.6) is 5.75 Å². The molecule has 146 valence electrons. The van der Waals surface area contributed by atoms with Gasteiger partial charge in [0.15, 0.2) is 0 Å². The third-order valence-corrected chi connectivity index (χ3v) is 5.36. The van der Waals surface area contributed by atoms with Gasteiger partial charge in [0, 0.05) is 23.0 Å². The number of nitrogens with zero attached hydrogens (tertiary/aromatic N) is 1. The van der Waals surface area contributed by atoms with Crippen molar-refractivity contribution in [2.24, 2.45) is 0 Å². The summed E-state index contributed by atoms with van der Waals surface area (Å²) in [5, 5.41) is 3.73. The Hall–Kier alpha value is -2.86. The molecule has 6 heteroatoms. The van der Waals surface area contributed by atoms with Crippen molar-refractivity contribution in [2.75, 3.05) is 26.7 Å². The molecule has 2 heterocycles. The first kappa shape index (κ1) is 18.5. The van der Waals surface area contributed by atoms with E-state index in [-0.39, 0.29) is 17.8 Å². The summed E-state index contributed by atoms with van der Waals surface area (Å²) in [5.41, 5.74) is 2.25. The van der Waals surface area contributed by atoms with Gasteiger partial charge in [-0.25, -0.2) is 4.39 Å². The highest BCUT2D eigenvalue weighted by atomic mass is 19.1. The smallest absolute Gasteiger partial charge is 0.267 e. The van der Waals surface area contributed by atoms with Gasteiger partial charge in [-0.1, -0.05) is 18.2 Å². The van der Waals surface area contributed by atoms with Gasteiger partial charge in [0.2, 0.25) is 0 Å². The molecule has 3 aromatic rings. The molecule has 2 N–H and O–H groups in total. The standard InChI is InChI=1S/C22H24FN3O2/c1-28-21-7-3-2-6-17(21)20(26-10-4-5-11-26)14-24-22(27)19-13-15-12-16(23)8-9-18(15)25-19/h2-3,6-9,12-13,20,25H,4-5,10-11,14H2,1H3,(H,24,27)/t20-/m1/s1. The predicted molar refractivity (Wildman–Crippen MR) is 107 cm³/mol. The second-order valence-corrected chi connectivity index (χ2v) is 7.13. The number of likely N-dealkylation sites (tertiary alicyclic amines) is 1. The van der Waals surface area contributed by atoms with Gasteiger partial charge in [-0.15, -0.1) is 0 Å². The number of carbonyl (C=O) groups excluding carboxylic acids is 1. The Morgan fingerprint density at radius 2 is 2.00 bits per heavy atom. The topological polar surface area (TPSA) is 57.4 Å². The van der Waals surface area contributed by atoms with Crippen LogP contribution in [-0.2, 0) is 0 Å². The van der Waals surface area contributed by atoms with Gasteiger partial charge < -0.3 is 15.0 Å². The van der Waals surface area contributed by atoms with Crippen molar-refractivity contribution in [3.8, 4) is 5.75 Å². The number of H-pyrrole nitrogens is 1. The summed E-state index contributed by atoms with van der Waals surface area (Å²) >= 11 is 0. The number of amides is 1. The largest absolute Gasteiger partial charge is 0.496 e. The lowest BCUT2D eigenvalue weighted by Gasteiger charge is -2.29. The Bertz CT molecular complexity index is 979. The maximum absolute atomic E-state index is 13.4. The summed E-state index contributed by atoms with van der Waals surface area (Å²) in [5.74, 6) is 0.314. The van der Waals surface area contributed by atoms with Crippen molar-refractivity contribution in [1.29, 1.82) is 0 Å². The summed E-state index contributed by atoms with van der Waals surface area (Å²) in [4.78, 5) is 18.2. The van der Waals surface area contributed by atoms with E-state index in [1.54, 1.807) is 19.2 Å². The van der Waals surface area contributed by atoms with Crippen molar-refractivity contribution in [3.63, 3.8) is 0 Å². The monoisotopic (exact) mass is 381 g/mol. The van der Waals surface area contributed by atoms with E-state index >= 15 is 0 Å². The van der Waals surface area contributed by atoms with Gasteiger partial charge in [-0.05, 0) is 56.3 Å². The number of carbonyl (C=O) groups is 1. The first-order chi connectivity index (χ1) is 13.7. The molecule has 4 rings (SSSR count). The Balaban J connectivity index is 1.54. The molecule has 0 spiro atoms. The Labute approximate surface area is 163 Å². The third-order valence-electron chi connectivity index (χ3n) is 5.36. The van der Waals surface area contributed by atoms with Crippen molar-refractivity contribution in [2.45, 2.75) is 18.9 Å². The van der Waals surface area contributed by atoms with Crippen LogP contribution in [0.2, 0.25) is 0 Å². The van der Waals surface area contributed by atoms with E-state index in [2.05, 4.69) is 21.3 Å². The summed E-state index contributed by atoms with van der Waals surface area (Å²) in [6.45, 7) is 2.48. The number of rotatable bonds is 6. The summed E-state index contributed by atoms with van der Waals surface area (Å²) in [6, 6.07) is 14.1. The molecule has 1 amide bonds. The number of hydrogen-bond donors (Lipinski definition) is 2. The zero-order valence-corrected chi connectivity index (χ0v) is 15.9. The maximum Gasteiger partial charge on any atom is 0.267 e. The Kier molecular flexibility index (Phi) is 5.30. The fourth-order valence-corrected chi connectivity index (χ4v) is 3.94. The van der Waals surface area contributed by atoms with E-state index in [4.69, 9.17) is 4.74 Å². The first-order valence-corrected chi connectivity index (χ1v) is 9.59. The van der Waals surface area contributed by atoms with Crippen molar-refractivity contribution in [3.05, 3.63) is 65.6 Å². The molecule has 1 atom stereocenters. The van der Waals surface area contributed by atoms with Crippen LogP contribution in [-0.4, -0.2) is 42.5 Å². The summed E-state index contributed by atoms with van der Waals surface area (Å²) in [6.07, 6.45) is 2.32. The third kappa shape index (κ3) is 3.73. The van der Waals surface area contributed by atoms with Gasteiger partial charge in [0.05, 0.1) is 13.2 Å². The molecule has 1 fully saturated rings. The van der Waals surface area contributed by atoms with Gasteiger partial charge in [0.1, 0.15) is 17.3 Å². The number of fused-ring (bicyclic) bond motifs is 1. The van der Waals surface area contributed by atoms with Crippen LogP contribution in [0.25, 0.3) is 10.9 Å². The van der Waals surface area contributed by atoms with Crippen molar-refractivity contribution >= 4 is 16.8 Å². The quantitative estimate of drug-likeness (QED) is 0.681. The minimum atomic E-state index is -0.316. The molecule has 5 nitrogen and oxygen atoms in total. The van der Waals surface area contributed by atoms with Crippen LogP contribution in [0.15, 0.2) is 48.5 Å². The van der Waals surface area contributed by atoms with E-state index in [9.17, 15) is 9.18 Å². The maximum atomic E-state index is 13.4. The fraction of sp³-hybridized carbons (Fsp3) is 0.318. The van der Waals surface area contributed by atoms with Crippen molar-refractivity contribution in [1.82, 2.24) is 15.2 Å². The second kappa shape index (κ2) is 8.02. The highest BCUT2D eigenvalue weighted by molar-refractivity contribution is 5.98. The molecule has 1 aliphatic heterocycles. The molecular formula is C22H24FN3O2. The number of para-hydroxylation sites is 1. The molecule has 1 aromatic heterocycles. The van der Waals surface area contributed by atoms with Crippen molar-refractivity contribution < 1.29 is 13.9 Å². The SMILES string of the molecule is COc1ccccc1[C@@H](CNC(=O)c1cc2cc(F)ccc2[nH]1)N1CCCC1.